The number of nitro groups is 1. The van der Waals surface area contributed by atoms with Crippen LogP contribution in [0.15, 0.2) is 24.3 Å². The van der Waals surface area contributed by atoms with Crippen LogP contribution in [0.2, 0.25) is 0 Å². The van der Waals surface area contributed by atoms with Gasteiger partial charge >= 0.3 is 0 Å². The maximum absolute atomic E-state index is 10.6. The van der Waals surface area contributed by atoms with Gasteiger partial charge in [-0.2, -0.15) is 0 Å². The van der Waals surface area contributed by atoms with Gasteiger partial charge < -0.3 is 23.7 Å². The van der Waals surface area contributed by atoms with Gasteiger partial charge in [0, 0.05) is 18.7 Å². The van der Waals surface area contributed by atoms with Crippen LogP contribution >= 0.6 is 0 Å². The molecule has 0 saturated carbocycles. The van der Waals surface area contributed by atoms with Crippen LogP contribution in [0.5, 0.6) is 5.75 Å². The molecule has 0 fully saturated rings. The van der Waals surface area contributed by atoms with Crippen molar-refractivity contribution in [2.24, 2.45) is 0 Å². The molecule has 202 valence electrons. The molecule has 0 atom stereocenters. The van der Waals surface area contributed by atoms with Crippen molar-refractivity contribution in [1.29, 1.82) is 0 Å². The number of nitrogens with zero attached hydrogens (tertiary/aromatic N) is 1. The second-order valence-electron chi connectivity index (χ2n) is 8.58. The standard InChI is InChI=1S/C27H47NO7/c1-2-3-4-5-6-7-8-9-10-11-12-17-31-18-19-32-20-21-33-22-23-34-24-25-35-27-15-13-26(14-16-27)28(29)30/h13-16H,2-12,17-25H2,1H3. The summed E-state index contributed by atoms with van der Waals surface area (Å²) >= 11 is 0. The van der Waals surface area contributed by atoms with Crippen molar-refractivity contribution < 1.29 is 28.6 Å². The zero-order valence-electron chi connectivity index (χ0n) is 21.8. The van der Waals surface area contributed by atoms with Crippen molar-refractivity contribution in [2.75, 3.05) is 59.5 Å². The van der Waals surface area contributed by atoms with Crippen LogP contribution in [0, 0.1) is 10.1 Å². The predicted octanol–water partition coefficient (Wildman–Crippen LogP) is 6.35. The fourth-order valence-corrected chi connectivity index (χ4v) is 3.51. The van der Waals surface area contributed by atoms with Gasteiger partial charge in [-0.25, -0.2) is 0 Å². The van der Waals surface area contributed by atoms with Gasteiger partial charge in [-0.05, 0) is 18.6 Å². The molecular weight excluding hydrogens is 450 g/mol. The molecule has 0 N–H and O–H groups in total. The second kappa shape index (κ2) is 24.0. The van der Waals surface area contributed by atoms with Crippen molar-refractivity contribution in [3.05, 3.63) is 34.4 Å². The van der Waals surface area contributed by atoms with Crippen LogP contribution in [-0.4, -0.2) is 64.4 Å². The summed E-state index contributed by atoms with van der Waals surface area (Å²) in [6.45, 7) is 7.17. The van der Waals surface area contributed by atoms with Crippen LogP contribution in [0.1, 0.15) is 77.6 Å². The number of hydrogen-bond donors (Lipinski definition) is 0. The first-order valence-electron chi connectivity index (χ1n) is 13.4. The molecule has 1 aromatic carbocycles. The first-order valence-corrected chi connectivity index (χ1v) is 13.4. The molecule has 0 saturated heterocycles. The van der Waals surface area contributed by atoms with Crippen LogP contribution in [0.3, 0.4) is 0 Å². The molecule has 1 rings (SSSR count). The Balaban J connectivity index is 1.71. The van der Waals surface area contributed by atoms with Gasteiger partial charge in [0.2, 0.25) is 0 Å². The van der Waals surface area contributed by atoms with E-state index in [2.05, 4.69) is 6.92 Å². The van der Waals surface area contributed by atoms with Gasteiger partial charge in [0.25, 0.3) is 5.69 Å². The molecule has 0 amide bonds. The lowest BCUT2D eigenvalue weighted by molar-refractivity contribution is -0.384. The Bertz CT molecular complexity index is 598. The van der Waals surface area contributed by atoms with Crippen molar-refractivity contribution in [3.63, 3.8) is 0 Å². The molecule has 0 unspecified atom stereocenters. The third-order valence-electron chi connectivity index (χ3n) is 5.55. The molecule has 8 nitrogen and oxygen atoms in total. The van der Waals surface area contributed by atoms with Crippen molar-refractivity contribution in [1.82, 2.24) is 0 Å². The Hall–Kier alpha value is -1.74. The second-order valence-corrected chi connectivity index (χ2v) is 8.58. The summed E-state index contributed by atoms with van der Waals surface area (Å²) in [5.41, 5.74) is 0.0434. The summed E-state index contributed by atoms with van der Waals surface area (Å²) in [5.74, 6) is 0.579. The highest BCUT2D eigenvalue weighted by Gasteiger charge is 2.04. The van der Waals surface area contributed by atoms with Gasteiger partial charge in [-0.1, -0.05) is 71.1 Å². The Morgan fingerprint density at radius 1 is 0.571 bits per heavy atom. The molecule has 0 radical (unpaired) electrons. The lowest BCUT2D eigenvalue weighted by atomic mass is 10.1. The monoisotopic (exact) mass is 497 g/mol. The van der Waals surface area contributed by atoms with E-state index in [4.69, 9.17) is 23.7 Å². The Morgan fingerprint density at radius 3 is 1.43 bits per heavy atom. The molecular formula is C27H47NO7. The molecule has 8 heteroatoms. The minimum Gasteiger partial charge on any atom is -0.491 e. The molecule has 0 spiro atoms. The van der Waals surface area contributed by atoms with Gasteiger partial charge in [0.1, 0.15) is 12.4 Å². The van der Waals surface area contributed by atoms with Gasteiger partial charge in [-0.3, -0.25) is 10.1 Å². The van der Waals surface area contributed by atoms with Gasteiger partial charge in [-0.15, -0.1) is 0 Å². The number of rotatable bonds is 26. The molecule has 0 aliphatic carbocycles. The predicted molar refractivity (Wildman–Crippen MR) is 138 cm³/mol. The summed E-state index contributed by atoms with van der Waals surface area (Å²) < 4.78 is 27.5. The highest BCUT2D eigenvalue weighted by molar-refractivity contribution is 5.35. The molecule has 0 aliphatic heterocycles. The van der Waals surface area contributed by atoms with Gasteiger partial charge in [0.05, 0.1) is 51.2 Å². The van der Waals surface area contributed by atoms with Crippen molar-refractivity contribution in [2.45, 2.75) is 77.6 Å². The summed E-state index contributed by atoms with van der Waals surface area (Å²) in [6, 6.07) is 5.98. The number of non-ortho nitro benzene ring substituents is 1. The van der Waals surface area contributed by atoms with Crippen molar-refractivity contribution >= 4 is 5.69 Å². The van der Waals surface area contributed by atoms with Crippen LogP contribution in [0.25, 0.3) is 0 Å². The maximum atomic E-state index is 10.6. The van der Waals surface area contributed by atoms with E-state index >= 15 is 0 Å². The van der Waals surface area contributed by atoms with Crippen LogP contribution in [-0.2, 0) is 18.9 Å². The average Bonchev–Trinajstić information content (AvgIpc) is 2.87. The largest absolute Gasteiger partial charge is 0.491 e. The minimum absolute atomic E-state index is 0.0434. The van der Waals surface area contributed by atoms with E-state index in [1.165, 1.54) is 76.3 Å². The fraction of sp³-hybridized carbons (Fsp3) is 0.778. The Labute approximate surface area is 211 Å². The zero-order chi connectivity index (χ0) is 25.2. The normalized spacial score (nSPS) is 11.1. The highest BCUT2D eigenvalue weighted by atomic mass is 16.6. The fourth-order valence-electron chi connectivity index (χ4n) is 3.51. The van der Waals surface area contributed by atoms with Crippen molar-refractivity contribution in [3.8, 4) is 5.75 Å². The van der Waals surface area contributed by atoms with E-state index in [9.17, 15) is 10.1 Å². The van der Waals surface area contributed by atoms with E-state index in [0.717, 1.165) is 13.0 Å². The average molecular weight is 498 g/mol. The van der Waals surface area contributed by atoms with E-state index in [1.807, 2.05) is 0 Å². The molecule has 0 aliphatic rings. The third-order valence-corrected chi connectivity index (χ3v) is 5.55. The number of hydrogen-bond acceptors (Lipinski definition) is 7. The molecule has 0 bridgehead atoms. The Kier molecular flexibility index (Phi) is 21.4. The summed E-state index contributed by atoms with van der Waals surface area (Å²) in [6.07, 6.45) is 14.8. The number of unbranched alkanes of at least 4 members (excludes halogenated alkanes) is 10. The summed E-state index contributed by atoms with van der Waals surface area (Å²) in [5, 5.41) is 10.6. The van der Waals surface area contributed by atoms with E-state index in [0.29, 0.717) is 58.6 Å². The van der Waals surface area contributed by atoms with Crippen LogP contribution in [0.4, 0.5) is 5.69 Å². The topological polar surface area (TPSA) is 89.3 Å². The highest BCUT2D eigenvalue weighted by Crippen LogP contribution is 2.17. The number of benzene rings is 1. The number of ether oxygens (including phenoxy) is 5. The minimum atomic E-state index is -0.438. The first-order chi connectivity index (χ1) is 17.2. The van der Waals surface area contributed by atoms with Crippen LogP contribution < -0.4 is 4.74 Å². The summed E-state index contributed by atoms with van der Waals surface area (Å²) in [7, 11) is 0. The molecule has 0 heterocycles. The molecule has 1 aromatic rings. The Morgan fingerprint density at radius 2 is 0.971 bits per heavy atom. The van der Waals surface area contributed by atoms with E-state index < -0.39 is 4.92 Å². The quantitative estimate of drug-likeness (QED) is 0.0836. The maximum Gasteiger partial charge on any atom is 0.269 e. The summed E-state index contributed by atoms with van der Waals surface area (Å²) in [4.78, 5) is 10.2. The lowest BCUT2D eigenvalue weighted by Crippen LogP contribution is -2.13. The number of nitro benzene ring substituents is 1. The lowest BCUT2D eigenvalue weighted by Gasteiger charge is -2.08. The SMILES string of the molecule is CCCCCCCCCCCCCOCCOCCOCCOCCOc1ccc([N+](=O)[O-])cc1. The third kappa shape index (κ3) is 20.2. The molecule has 35 heavy (non-hydrogen) atoms. The van der Waals surface area contributed by atoms with Gasteiger partial charge in [0.15, 0.2) is 0 Å². The smallest absolute Gasteiger partial charge is 0.269 e. The molecule has 0 aromatic heterocycles. The van der Waals surface area contributed by atoms with E-state index in [-0.39, 0.29) is 5.69 Å². The van der Waals surface area contributed by atoms with E-state index in [1.54, 1.807) is 12.1 Å². The first kappa shape index (κ1) is 31.3. The zero-order valence-corrected chi connectivity index (χ0v) is 21.8.